The van der Waals surface area contributed by atoms with Crippen molar-refractivity contribution >= 4 is 5.91 Å². The standard InChI is InChI=1S/C12H10F5NO/c13-11(14,12(15,16)17)10(19)18-9-6-5-7-3-1-2-4-8(7)9/h1-4,9H,5-6H2,(H,18,19). The van der Waals surface area contributed by atoms with E-state index in [9.17, 15) is 26.7 Å². The molecule has 2 rings (SSSR count). The molecule has 0 heterocycles. The third-order valence-electron chi connectivity index (χ3n) is 3.08. The van der Waals surface area contributed by atoms with E-state index in [1.807, 2.05) is 0 Å². The Kier molecular flexibility index (Phi) is 3.24. The van der Waals surface area contributed by atoms with E-state index < -0.39 is 24.0 Å². The van der Waals surface area contributed by atoms with E-state index in [1.54, 1.807) is 29.6 Å². The van der Waals surface area contributed by atoms with Crippen LogP contribution in [0.4, 0.5) is 22.0 Å². The van der Waals surface area contributed by atoms with Crippen molar-refractivity contribution in [3.8, 4) is 0 Å². The summed E-state index contributed by atoms with van der Waals surface area (Å²) < 4.78 is 61.8. The molecule has 0 fully saturated rings. The third kappa shape index (κ3) is 2.41. The first kappa shape index (κ1) is 13.8. The van der Waals surface area contributed by atoms with E-state index in [2.05, 4.69) is 0 Å². The summed E-state index contributed by atoms with van der Waals surface area (Å²) in [4.78, 5) is 11.1. The Morgan fingerprint density at radius 1 is 1.16 bits per heavy atom. The Bertz CT molecular complexity index is 497. The number of amides is 1. The number of carbonyl (C=O) groups excluding carboxylic acids is 1. The molecule has 19 heavy (non-hydrogen) atoms. The van der Waals surface area contributed by atoms with Gasteiger partial charge in [0.1, 0.15) is 0 Å². The van der Waals surface area contributed by atoms with E-state index in [1.165, 1.54) is 0 Å². The molecule has 1 atom stereocenters. The minimum atomic E-state index is -5.88. The molecule has 1 unspecified atom stereocenters. The number of hydrogen-bond donors (Lipinski definition) is 1. The summed E-state index contributed by atoms with van der Waals surface area (Å²) in [6.45, 7) is 0. The molecule has 0 aromatic heterocycles. The van der Waals surface area contributed by atoms with Crippen molar-refractivity contribution in [2.75, 3.05) is 0 Å². The van der Waals surface area contributed by atoms with Gasteiger partial charge in [-0.25, -0.2) is 0 Å². The van der Waals surface area contributed by atoms with Crippen LogP contribution in [-0.4, -0.2) is 18.0 Å². The van der Waals surface area contributed by atoms with Gasteiger partial charge in [0.05, 0.1) is 6.04 Å². The number of carbonyl (C=O) groups is 1. The average molecular weight is 279 g/mol. The van der Waals surface area contributed by atoms with Gasteiger partial charge < -0.3 is 5.32 Å². The van der Waals surface area contributed by atoms with E-state index >= 15 is 0 Å². The lowest BCUT2D eigenvalue weighted by Crippen LogP contribution is -2.51. The second-order valence-electron chi connectivity index (χ2n) is 4.34. The summed E-state index contributed by atoms with van der Waals surface area (Å²) in [6, 6.07) is 5.96. The number of aryl methyl sites for hydroxylation is 1. The number of fused-ring (bicyclic) bond motifs is 1. The van der Waals surface area contributed by atoms with Gasteiger partial charge in [0.2, 0.25) is 0 Å². The predicted molar refractivity (Wildman–Crippen MR) is 56.6 cm³/mol. The predicted octanol–water partition coefficient (Wildman–Crippen LogP) is 2.99. The normalized spacial score (nSPS) is 19.1. The zero-order valence-corrected chi connectivity index (χ0v) is 9.60. The molecule has 1 aliphatic carbocycles. The molecule has 0 saturated heterocycles. The lowest BCUT2D eigenvalue weighted by Gasteiger charge is -2.21. The highest BCUT2D eigenvalue weighted by atomic mass is 19.4. The summed E-state index contributed by atoms with van der Waals surface area (Å²) in [7, 11) is 0. The van der Waals surface area contributed by atoms with Crippen LogP contribution >= 0.6 is 0 Å². The van der Waals surface area contributed by atoms with Gasteiger partial charge in [0.15, 0.2) is 0 Å². The van der Waals surface area contributed by atoms with Gasteiger partial charge in [-0.1, -0.05) is 24.3 Å². The van der Waals surface area contributed by atoms with Gasteiger partial charge in [0.25, 0.3) is 0 Å². The van der Waals surface area contributed by atoms with Crippen molar-refractivity contribution in [2.45, 2.75) is 31.0 Å². The highest BCUT2D eigenvalue weighted by Gasteiger charge is 2.63. The molecule has 1 amide bonds. The quantitative estimate of drug-likeness (QED) is 0.828. The lowest BCUT2D eigenvalue weighted by molar-refractivity contribution is -0.270. The highest BCUT2D eigenvalue weighted by molar-refractivity contribution is 5.84. The Labute approximate surface area is 105 Å². The Hall–Kier alpha value is -1.66. The van der Waals surface area contributed by atoms with Crippen molar-refractivity contribution in [3.05, 3.63) is 35.4 Å². The largest absolute Gasteiger partial charge is 0.463 e. The number of alkyl halides is 5. The molecule has 0 saturated carbocycles. The van der Waals surface area contributed by atoms with Crippen LogP contribution in [0.25, 0.3) is 0 Å². The van der Waals surface area contributed by atoms with Crippen LogP contribution in [0, 0.1) is 0 Å². The minimum absolute atomic E-state index is 0.318. The smallest absolute Gasteiger partial charge is 0.344 e. The Morgan fingerprint density at radius 3 is 2.42 bits per heavy atom. The molecule has 1 N–H and O–H groups in total. The van der Waals surface area contributed by atoms with Crippen molar-refractivity contribution in [3.63, 3.8) is 0 Å². The molecule has 0 bridgehead atoms. The van der Waals surface area contributed by atoms with Gasteiger partial charge >= 0.3 is 18.0 Å². The fraction of sp³-hybridized carbons (Fsp3) is 0.417. The molecule has 2 nitrogen and oxygen atoms in total. The summed E-state index contributed by atoms with van der Waals surface area (Å²) in [5.41, 5.74) is 1.44. The SMILES string of the molecule is O=C(NC1CCc2ccccc21)C(F)(F)C(F)(F)F. The monoisotopic (exact) mass is 279 g/mol. The highest BCUT2D eigenvalue weighted by Crippen LogP contribution is 2.37. The van der Waals surface area contributed by atoms with Crippen LogP contribution in [0.5, 0.6) is 0 Å². The van der Waals surface area contributed by atoms with E-state index in [0.29, 0.717) is 18.4 Å². The van der Waals surface area contributed by atoms with Gasteiger partial charge in [-0.15, -0.1) is 0 Å². The first-order chi connectivity index (χ1) is 8.73. The summed E-state index contributed by atoms with van der Waals surface area (Å²) in [5.74, 6) is -7.67. The fourth-order valence-electron chi connectivity index (χ4n) is 2.08. The van der Waals surface area contributed by atoms with Crippen molar-refractivity contribution in [1.29, 1.82) is 0 Å². The van der Waals surface area contributed by atoms with Gasteiger partial charge in [0, 0.05) is 0 Å². The fourth-order valence-corrected chi connectivity index (χ4v) is 2.08. The Morgan fingerprint density at radius 2 is 1.79 bits per heavy atom. The van der Waals surface area contributed by atoms with Crippen LogP contribution in [0.2, 0.25) is 0 Å². The van der Waals surface area contributed by atoms with Crippen molar-refractivity contribution in [1.82, 2.24) is 5.32 Å². The van der Waals surface area contributed by atoms with Crippen LogP contribution in [0.1, 0.15) is 23.6 Å². The van der Waals surface area contributed by atoms with Crippen molar-refractivity contribution < 1.29 is 26.7 Å². The molecular formula is C12H10F5NO. The van der Waals surface area contributed by atoms with Crippen LogP contribution in [-0.2, 0) is 11.2 Å². The van der Waals surface area contributed by atoms with E-state index in [-0.39, 0.29) is 0 Å². The van der Waals surface area contributed by atoms with E-state index in [0.717, 1.165) is 5.56 Å². The molecule has 7 heteroatoms. The number of halogens is 5. The zero-order valence-electron chi connectivity index (χ0n) is 9.60. The van der Waals surface area contributed by atoms with E-state index in [4.69, 9.17) is 0 Å². The average Bonchev–Trinajstić information content (AvgIpc) is 2.71. The van der Waals surface area contributed by atoms with Gasteiger partial charge in [-0.2, -0.15) is 22.0 Å². The number of nitrogens with one attached hydrogen (secondary N) is 1. The van der Waals surface area contributed by atoms with Crippen LogP contribution in [0.3, 0.4) is 0 Å². The maximum atomic E-state index is 12.8. The molecule has 0 spiro atoms. The lowest BCUT2D eigenvalue weighted by atomic mass is 10.1. The number of benzene rings is 1. The topological polar surface area (TPSA) is 29.1 Å². The molecule has 104 valence electrons. The zero-order chi connectivity index (χ0) is 14.3. The number of rotatable bonds is 2. The summed E-state index contributed by atoms with van der Waals surface area (Å²) in [6.07, 6.45) is -5.02. The second-order valence-corrected chi connectivity index (χ2v) is 4.34. The summed E-state index contributed by atoms with van der Waals surface area (Å²) in [5, 5.41) is 1.77. The summed E-state index contributed by atoms with van der Waals surface area (Å²) >= 11 is 0. The maximum absolute atomic E-state index is 12.8. The number of hydrogen-bond acceptors (Lipinski definition) is 1. The van der Waals surface area contributed by atoms with Crippen molar-refractivity contribution in [2.24, 2.45) is 0 Å². The van der Waals surface area contributed by atoms with Crippen LogP contribution in [0.15, 0.2) is 24.3 Å². The third-order valence-corrected chi connectivity index (χ3v) is 3.08. The molecular weight excluding hydrogens is 269 g/mol. The molecule has 0 aliphatic heterocycles. The van der Waals surface area contributed by atoms with Gasteiger partial charge in [-0.05, 0) is 24.0 Å². The second kappa shape index (κ2) is 4.47. The Balaban J connectivity index is 2.14. The van der Waals surface area contributed by atoms with Gasteiger partial charge in [-0.3, -0.25) is 4.79 Å². The first-order valence-electron chi connectivity index (χ1n) is 5.57. The minimum Gasteiger partial charge on any atom is -0.344 e. The molecule has 0 radical (unpaired) electrons. The van der Waals surface area contributed by atoms with Crippen LogP contribution < -0.4 is 5.32 Å². The molecule has 1 aromatic rings. The maximum Gasteiger partial charge on any atom is 0.463 e. The first-order valence-corrected chi connectivity index (χ1v) is 5.57. The molecule has 1 aromatic carbocycles. The molecule has 1 aliphatic rings.